The molecule has 0 bridgehead atoms. The molecule has 98 valence electrons. The van der Waals surface area contributed by atoms with Crippen LogP contribution >= 0.6 is 0 Å². The average Bonchev–Trinajstić information content (AvgIpc) is 2.28. The Bertz CT molecular complexity index is 453. The van der Waals surface area contributed by atoms with Crippen LogP contribution in [0, 0.1) is 0 Å². The van der Waals surface area contributed by atoms with Gasteiger partial charge in [-0.15, -0.1) is 0 Å². The zero-order chi connectivity index (χ0) is 14.1. The number of carboxylic acid groups (broad SMARTS) is 2. The second kappa shape index (κ2) is 4.28. The number of hydrogen-bond acceptors (Lipinski definition) is 2. The van der Waals surface area contributed by atoms with Gasteiger partial charge < -0.3 is 10.2 Å². The third kappa shape index (κ3) is 2.13. The van der Waals surface area contributed by atoms with Crippen molar-refractivity contribution < 1.29 is 37.4 Å². The van der Waals surface area contributed by atoms with Crippen LogP contribution < -0.4 is 0 Å². The van der Waals surface area contributed by atoms with Crippen LogP contribution in [0.1, 0.15) is 11.1 Å². The van der Waals surface area contributed by atoms with E-state index in [0.717, 1.165) is 12.1 Å². The fraction of sp³-hybridized carbons (Fsp3) is 0.200. The molecule has 18 heavy (non-hydrogen) atoms. The van der Waals surface area contributed by atoms with Gasteiger partial charge in [-0.2, -0.15) is 17.6 Å². The van der Waals surface area contributed by atoms with E-state index in [2.05, 4.69) is 0 Å². The molecule has 0 aromatic heterocycles. The Morgan fingerprint density at radius 3 is 1.33 bits per heavy atom. The average molecular weight is 266 g/mol. The summed E-state index contributed by atoms with van der Waals surface area (Å²) < 4.78 is 52.8. The van der Waals surface area contributed by atoms with Crippen molar-refractivity contribution in [2.45, 2.75) is 11.8 Å². The molecule has 0 atom stereocenters. The van der Waals surface area contributed by atoms with Gasteiger partial charge in [-0.3, -0.25) is 0 Å². The second-order valence-corrected chi connectivity index (χ2v) is 3.30. The van der Waals surface area contributed by atoms with Crippen LogP contribution in [0.3, 0.4) is 0 Å². The third-order valence-corrected chi connectivity index (χ3v) is 2.14. The predicted octanol–water partition coefficient (Wildman–Crippen LogP) is 2.04. The highest BCUT2D eigenvalue weighted by molar-refractivity contribution is 5.82. The Kier molecular flexibility index (Phi) is 3.32. The third-order valence-electron chi connectivity index (χ3n) is 2.14. The second-order valence-electron chi connectivity index (χ2n) is 3.30. The van der Waals surface area contributed by atoms with Gasteiger partial charge in [0.1, 0.15) is 0 Å². The fourth-order valence-corrected chi connectivity index (χ4v) is 1.26. The molecule has 4 nitrogen and oxygen atoms in total. The van der Waals surface area contributed by atoms with Crippen molar-refractivity contribution in [1.82, 2.24) is 0 Å². The SMILES string of the molecule is O=C(O)C(F)(F)c1ccccc1C(F)(F)C(=O)O. The lowest BCUT2D eigenvalue weighted by Crippen LogP contribution is -2.33. The predicted molar refractivity (Wildman–Crippen MR) is 49.5 cm³/mol. The molecule has 0 aliphatic carbocycles. The van der Waals surface area contributed by atoms with Gasteiger partial charge in [0.05, 0.1) is 0 Å². The lowest BCUT2D eigenvalue weighted by molar-refractivity contribution is -0.171. The Balaban J connectivity index is 3.50. The maximum atomic E-state index is 13.2. The van der Waals surface area contributed by atoms with Gasteiger partial charge in [-0.05, 0) is 0 Å². The summed E-state index contributed by atoms with van der Waals surface area (Å²) in [5.41, 5.74) is -3.10. The molecule has 0 unspecified atom stereocenters. The standard InChI is InChI=1S/C10H6F4O4/c11-9(12,7(15)16)5-3-1-2-4-6(5)10(13,14)8(17)18/h1-4H,(H,15,16)(H,17,18). The monoisotopic (exact) mass is 266 g/mol. The maximum absolute atomic E-state index is 13.2. The first-order chi connectivity index (χ1) is 8.11. The molecule has 0 fully saturated rings. The Hall–Kier alpha value is -2.12. The van der Waals surface area contributed by atoms with Gasteiger partial charge in [0.15, 0.2) is 0 Å². The lowest BCUT2D eigenvalue weighted by atomic mass is 9.97. The summed E-state index contributed by atoms with van der Waals surface area (Å²) in [6, 6.07) is 2.71. The van der Waals surface area contributed by atoms with Crippen molar-refractivity contribution in [2.24, 2.45) is 0 Å². The number of carboxylic acids is 2. The molecule has 0 aliphatic rings. The van der Waals surface area contributed by atoms with E-state index in [1.165, 1.54) is 0 Å². The lowest BCUT2D eigenvalue weighted by Gasteiger charge is -2.19. The topological polar surface area (TPSA) is 74.6 Å². The molecule has 0 saturated carbocycles. The molecule has 0 aliphatic heterocycles. The zero-order valence-corrected chi connectivity index (χ0v) is 8.53. The fourth-order valence-electron chi connectivity index (χ4n) is 1.26. The van der Waals surface area contributed by atoms with Gasteiger partial charge in [0.25, 0.3) is 0 Å². The number of rotatable bonds is 4. The van der Waals surface area contributed by atoms with E-state index in [1.807, 2.05) is 0 Å². The van der Waals surface area contributed by atoms with Crippen molar-refractivity contribution >= 4 is 11.9 Å². The van der Waals surface area contributed by atoms with Crippen LogP contribution in [0.5, 0.6) is 0 Å². The number of benzene rings is 1. The van der Waals surface area contributed by atoms with E-state index in [1.54, 1.807) is 0 Å². The summed E-state index contributed by atoms with van der Waals surface area (Å²) >= 11 is 0. The summed E-state index contributed by atoms with van der Waals surface area (Å²) in [6.07, 6.45) is 0. The highest BCUT2D eigenvalue weighted by Gasteiger charge is 2.50. The summed E-state index contributed by atoms with van der Waals surface area (Å²) in [5.74, 6) is -14.5. The minimum absolute atomic E-state index is 0.445. The Labute approximate surface area is 97.5 Å². The first-order valence-electron chi connectivity index (χ1n) is 4.44. The van der Waals surface area contributed by atoms with Crippen molar-refractivity contribution in [3.05, 3.63) is 35.4 Å². The van der Waals surface area contributed by atoms with Crippen molar-refractivity contribution in [3.63, 3.8) is 0 Å². The van der Waals surface area contributed by atoms with Gasteiger partial charge in [-0.1, -0.05) is 24.3 Å². The molecule has 0 saturated heterocycles. The van der Waals surface area contributed by atoms with Gasteiger partial charge in [-0.25, -0.2) is 9.59 Å². The molecule has 1 aromatic rings. The number of alkyl halides is 4. The maximum Gasteiger partial charge on any atom is 0.379 e. The number of aliphatic carboxylic acids is 2. The number of halogens is 4. The molecule has 1 rings (SSSR count). The Morgan fingerprint density at radius 1 is 0.833 bits per heavy atom. The highest BCUT2D eigenvalue weighted by atomic mass is 19.3. The minimum Gasteiger partial charge on any atom is -0.477 e. The molecule has 0 amide bonds. The minimum atomic E-state index is -4.60. The van der Waals surface area contributed by atoms with Crippen LogP contribution in [0.15, 0.2) is 24.3 Å². The van der Waals surface area contributed by atoms with E-state index < -0.39 is 34.9 Å². The number of carbonyl (C=O) groups is 2. The Morgan fingerprint density at radius 2 is 1.11 bits per heavy atom. The summed E-state index contributed by atoms with van der Waals surface area (Å²) in [7, 11) is 0. The van der Waals surface area contributed by atoms with Crippen LogP contribution in [-0.4, -0.2) is 22.2 Å². The molecular formula is C10H6F4O4. The largest absolute Gasteiger partial charge is 0.477 e. The first kappa shape index (κ1) is 13.9. The molecule has 2 N–H and O–H groups in total. The normalized spacial score (nSPS) is 12.2. The molecule has 0 spiro atoms. The summed E-state index contributed by atoms with van der Waals surface area (Å²) in [5, 5.41) is 16.6. The van der Waals surface area contributed by atoms with Crippen molar-refractivity contribution in [2.75, 3.05) is 0 Å². The van der Waals surface area contributed by atoms with Gasteiger partial charge in [0, 0.05) is 11.1 Å². The van der Waals surface area contributed by atoms with Crippen molar-refractivity contribution in [3.8, 4) is 0 Å². The molecule has 8 heteroatoms. The summed E-state index contributed by atoms with van der Waals surface area (Å²) in [6.45, 7) is 0. The summed E-state index contributed by atoms with van der Waals surface area (Å²) in [4.78, 5) is 20.7. The van der Waals surface area contributed by atoms with E-state index in [0.29, 0.717) is 12.1 Å². The molecule has 0 heterocycles. The van der Waals surface area contributed by atoms with Crippen molar-refractivity contribution in [1.29, 1.82) is 0 Å². The number of hydrogen-bond donors (Lipinski definition) is 2. The van der Waals surface area contributed by atoms with Crippen LogP contribution in [-0.2, 0) is 21.4 Å². The van der Waals surface area contributed by atoms with E-state index in [-0.39, 0.29) is 0 Å². The van der Waals surface area contributed by atoms with E-state index >= 15 is 0 Å². The van der Waals surface area contributed by atoms with Gasteiger partial charge in [0.2, 0.25) is 0 Å². The van der Waals surface area contributed by atoms with Crippen LogP contribution in [0.4, 0.5) is 17.6 Å². The zero-order valence-electron chi connectivity index (χ0n) is 8.53. The molecule has 0 radical (unpaired) electrons. The molecule has 1 aromatic carbocycles. The van der Waals surface area contributed by atoms with E-state index in [9.17, 15) is 27.2 Å². The van der Waals surface area contributed by atoms with E-state index in [4.69, 9.17) is 10.2 Å². The van der Waals surface area contributed by atoms with Gasteiger partial charge >= 0.3 is 23.8 Å². The van der Waals surface area contributed by atoms with Crippen LogP contribution in [0.2, 0.25) is 0 Å². The quantitative estimate of drug-likeness (QED) is 0.818. The first-order valence-corrected chi connectivity index (χ1v) is 4.44. The molecular weight excluding hydrogens is 260 g/mol. The highest BCUT2D eigenvalue weighted by Crippen LogP contribution is 2.38. The van der Waals surface area contributed by atoms with Crippen LogP contribution in [0.25, 0.3) is 0 Å². The smallest absolute Gasteiger partial charge is 0.379 e.